The van der Waals surface area contributed by atoms with E-state index in [2.05, 4.69) is 54.8 Å². The molecule has 4 aliphatic rings. The Kier molecular flexibility index (Phi) is 10.7. The predicted molar refractivity (Wildman–Crippen MR) is 168 cm³/mol. The normalized spacial score (nSPS) is 39.0. The van der Waals surface area contributed by atoms with Crippen molar-refractivity contribution in [1.82, 2.24) is 10.6 Å². The second-order valence-electron chi connectivity index (χ2n) is 14.9. The Hall–Kier alpha value is -0.940. The van der Waals surface area contributed by atoms with Gasteiger partial charge in [-0.1, -0.05) is 50.6 Å². The molecular formula is C36H61N3O. The minimum absolute atomic E-state index is 0.0824. The highest BCUT2D eigenvalue weighted by atomic mass is 16.3. The number of aryl methyl sites for hydroxylation is 1. The summed E-state index contributed by atoms with van der Waals surface area (Å²) in [6.45, 7) is 9.38. The fraction of sp³-hybridized carbons (Fsp3) is 0.833. The van der Waals surface area contributed by atoms with Gasteiger partial charge in [0.1, 0.15) is 0 Å². The van der Waals surface area contributed by atoms with Crippen LogP contribution in [-0.4, -0.2) is 43.4 Å². The second kappa shape index (κ2) is 14.0. The SMILES string of the molecule is CC12CCC3C(C(O)CC4CC(NCCCNCCCCN)CCC43C)C1CCC2CCCCc1ccccc1. The number of hydrogen-bond acceptors (Lipinski definition) is 4. The van der Waals surface area contributed by atoms with Gasteiger partial charge in [-0.25, -0.2) is 0 Å². The van der Waals surface area contributed by atoms with Gasteiger partial charge < -0.3 is 21.5 Å². The lowest BCUT2D eigenvalue weighted by atomic mass is 9.44. The summed E-state index contributed by atoms with van der Waals surface area (Å²) >= 11 is 0. The lowest BCUT2D eigenvalue weighted by Crippen LogP contribution is -2.59. The number of fused-ring (bicyclic) bond motifs is 5. The largest absolute Gasteiger partial charge is 0.393 e. The Morgan fingerprint density at radius 1 is 0.825 bits per heavy atom. The molecule has 9 atom stereocenters. The molecule has 226 valence electrons. The molecular weight excluding hydrogens is 490 g/mol. The third-order valence-electron chi connectivity index (χ3n) is 12.8. The molecule has 4 saturated carbocycles. The Labute approximate surface area is 246 Å². The van der Waals surface area contributed by atoms with Crippen LogP contribution in [0.5, 0.6) is 0 Å². The van der Waals surface area contributed by atoms with Gasteiger partial charge in [-0.3, -0.25) is 0 Å². The highest BCUT2D eigenvalue weighted by Crippen LogP contribution is 2.67. The maximum Gasteiger partial charge on any atom is 0.0577 e. The van der Waals surface area contributed by atoms with Crippen molar-refractivity contribution < 1.29 is 5.11 Å². The highest BCUT2D eigenvalue weighted by molar-refractivity contribution is 5.15. The topological polar surface area (TPSA) is 70.3 Å². The Balaban J connectivity index is 1.10. The van der Waals surface area contributed by atoms with E-state index in [1.807, 2.05) is 0 Å². The number of aliphatic hydroxyl groups is 1. The monoisotopic (exact) mass is 551 g/mol. The average Bonchev–Trinajstić information content (AvgIpc) is 3.29. The summed E-state index contributed by atoms with van der Waals surface area (Å²) in [6.07, 6.45) is 19.2. The number of hydrogen-bond donors (Lipinski definition) is 4. The zero-order valence-electron chi connectivity index (χ0n) is 25.9. The molecule has 40 heavy (non-hydrogen) atoms. The van der Waals surface area contributed by atoms with Gasteiger partial charge in [0, 0.05) is 6.04 Å². The molecule has 5 rings (SSSR count). The molecule has 1 aromatic rings. The number of nitrogens with one attached hydrogen (secondary N) is 2. The number of aliphatic hydroxyl groups excluding tert-OH is 1. The van der Waals surface area contributed by atoms with Crippen molar-refractivity contribution in [3.8, 4) is 0 Å². The van der Waals surface area contributed by atoms with Crippen LogP contribution in [0, 0.1) is 40.4 Å². The van der Waals surface area contributed by atoms with Crippen LogP contribution in [0.15, 0.2) is 30.3 Å². The second-order valence-corrected chi connectivity index (χ2v) is 14.9. The summed E-state index contributed by atoms with van der Waals surface area (Å²) in [7, 11) is 0. The first-order valence-electron chi connectivity index (χ1n) is 17.3. The molecule has 0 aromatic heterocycles. The van der Waals surface area contributed by atoms with E-state index in [1.54, 1.807) is 0 Å². The third-order valence-corrected chi connectivity index (χ3v) is 12.8. The molecule has 4 aliphatic carbocycles. The molecule has 0 spiro atoms. The van der Waals surface area contributed by atoms with Crippen molar-refractivity contribution in [2.24, 2.45) is 46.2 Å². The van der Waals surface area contributed by atoms with E-state index in [-0.39, 0.29) is 6.10 Å². The molecule has 9 unspecified atom stereocenters. The van der Waals surface area contributed by atoms with Crippen molar-refractivity contribution >= 4 is 0 Å². The van der Waals surface area contributed by atoms with Crippen molar-refractivity contribution in [3.05, 3.63) is 35.9 Å². The number of benzene rings is 1. The van der Waals surface area contributed by atoms with E-state index >= 15 is 0 Å². The van der Waals surface area contributed by atoms with E-state index in [9.17, 15) is 5.11 Å². The van der Waals surface area contributed by atoms with E-state index in [4.69, 9.17) is 5.73 Å². The minimum atomic E-state index is -0.0824. The molecule has 0 radical (unpaired) electrons. The fourth-order valence-electron chi connectivity index (χ4n) is 10.4. The van der Waals surface area contributed by atoms with Gasteiger partial charge in [0.05, 0.1) is 6.10 Å². The van der Waals surface area contributed by atoms with Crippen molar-refractivity contribution in [3.63, 3.8) is 0 Å². The molecule has 0 amide bonds. The van der Waals surface area contributed by atoms with E-state index in [0.717, 1.165) is 56.8 Å². The highest BCUT2D eigenvalue weighted by Gasteiger charge is 2.62. The first-order valence-corrected chi connectivity index (χ1v) is 17.3. The first kappa shape index (κ1) is 30.5. The smallest absolute Gasteiger partial charge is 0.0577 e. The first-order chi connectivity index (χ1) is 19.5. The summed E-state index contributed by atoms with van der Waals surface area (Å²) in [5.41, 5.74) is 7.96. The summed E-state index contributed by atoms with van der Waals surface area (Å²) in [5, 5.41) is 19.2. The van der Waals surface area contributed by atoms with Crippen molar-refractivity contribution in [2.45, 2.75) is 122 Å². The third kappa shape index (κ3) is 6.66. The standard InChI is InChI=1S/C36H61N3O/c1-35-20-18-32-34(31(35)16-15-28(35)14-7-6-13-27-11-4-3-5-12-27)33(40)26-29-25-30(17-19-36(29,32)2)39-24-10-23-38-22-9-8-21-37/h3-5,11-12,28-34,38-40H,6-10,13-26,37H2,1-2H3. The quantitative estimate of drug-likeness (QED) is 0.194. The Morgan fingerprint density at radius 2 is 1.60 bits per heavy atom. The van der Waals surface area contributed by atoms with Crippen LogP contribution >= 0.6 is 0 Å². The van der Waals surface area contributed by atoms with Crippen LogP contribution in [0.1, 0.15) is 109 Å². The average molecular weight is 552 g/mol. The zero-order chi connectivity index (χ0) is 28.0. The number of unbranched alkanes of at least 4 members (excludes halogenated alkanes) is 2. The van der Waals surface area contributed by atoms with E-state index < -0.39 is 0 Å². The number of nitrogens with two attached hydrogens (primary N) is 1. The van der Waals surface area contributed by atoms with Crippen LogP contribution in [0.3, 0.4) is 0 Å². The molecule has 4 heteroatoms. The Bertz CT molecular complexity index is 893. The summed E-state index contributed by atoms with van der Waals surface area (Å²) < 4.78 is 0. The minimum Gasteiger partial charge on any atom is -0.393 e. The van der Waals surface area contributed by atoms with Crippen LogP contribution in [0.25, 0.3) is 0 Å². The lowest BCUT2D eigenvalue weighted by Gasteiger charge is -2.62. The summed E-state index contributed by atoms with van der Waals surface area (Å²) in [5.74, 6) is 3.57. The Morgan fingerprint density at radius 3 is 2.42 bits per heavy atom. The van der Waals surface area contributed by atoms with Crippen LogP contribution in [0.4, 0.5) is 0 Å². The molecule has 0 aliphatic heterocycles. The van der Waals surface area contributed by atoms with Gasteiger partial charge in [0.15, 0.2) is 0 Å². The summed E-state index contributed by atoms with van der Waals surface area (Å²) in [4.78, 5) is 0. The maximum atomic E-state index is 11.7. The molecule has 1 aromatic carbocycles. The van der Waals surface area contributed by atoms with E-state index in [0.29, 0.717) is 28.7 Å². The zero-order valence-corrected chi connectivity index (χ0v) is 25.9. The van der Waals surface area contributed by atoms with Crippen molar-refractivity contribution in [2.75, 3.05) is 26.2 Å². The van der Waals surface area contributed by atoms with Gasteiger partial charge in [-0.05, 0) is 162 Å². The summed E-state index contributed by atoms with van der Waals surface area (Å²) in [6, 6.07) is 11.7. The maximum absolute atomic E-state index is 11.7. The molecule has 0 heterocycles. The van der Waals surface area contributed by atoms with Gasteiger partial charge in [0.2, 0.25) is 0 Å². The van der Waals surface area contributed by atoms with Gasteiger partial charge in [0.25, 0.3) is 0 Å². The lowest BCUT2D eigenvalue weighted by molar-refractivity contribution is -0.165. The molecule has 4 fully saturated rings. The fourth-order valence-corrected chi connectivity index (χ4v) is 10.4. The van der Waals surface area contributed by atoms with Gasteiger partial charge >= 0.3 is 0 Å². The van der Waals surface area contributed by atoms with Crippen LogP contribution in [0.2, 0.25) is 0 Å². The molecule has 4 nitrogen and oxygen atoms in total. The molecule has 0 bridgehead atoms. The van der Waals surface area contributed by atoms with E-state index in [1.165, 1.54) is 89.0 Å². The molecule has 0 saturated heterocycles. The van der Waals surface area contributed by atoms with Crippen LogP contribution < -0.4 is 16.4 Å². The predicted octanol–water partition coefficient (Wildman–Crippen LogP) is 6.71. The molecule has 5 N–H and O–H groups in total. The van der Waals surface area contributed by atoms with Gasteiger partial charge in [-0.2, -0.15) is 0 Å². The van der Waals surface area contributed by atoms with Crippen LogP contribution in [-0.2, 0) is 6.42 Å². The van der Waals surface area contributed by atoms with Gasteiger partial charge in [-0.15, -0.1) is 0 Å². The van der Waals surface area contributed by atoms with Crippen molar-refractivity contribution in [1.29, 1.82) is 0 Å². The number of rotatable bonds is 14.